The Morgan fingerprint density at radius 3 is 2.75 bits per heavy atom. The standard InChI is InChI=1S/C10H6BrClN2O2/c11-7-2-1-6(5-8(7)12)14-4-3-9(13-14)10(15)16/h1-5H,(H,15,16). The van der Waals surface area contributed by atoms with E-state index in [1.165, 1.54) is 10.7 Å². The third-order valence-corrected chi connectivity index (χ3v) is 3.21. The van der Waals surface area contributed by atoms with Gasteiger partial charge in [-0.1, -0.05) is 11.6 Å². The van der Waals surface area contributed by atoms with Crippen LogP contribution in [0.5, 0.6) is 0 Å². The van der Waals surface area contributed by atoms with Gasteiger partial charge in [0, 0.05) is 10.7 Å². The zero-order valence-electron chi connectivity index (χ0n) is 7.89. The molecule has 1 N–H and O–H groups in total. The molecule has 0 aliphatic heterocycles. The molecule has 0 radical (unpaired) electrons. The summed E-state index contributed by atoms with van der Waals surface area (Å²) in [6, 6.07) is 6.69. The molecule has 0 amide bonds. The lowest BCUT2D eigenvalue weighted by Gasteiger charge is -2.02. The Kier molecular flexibility index (Phi) is 2.98. The number of carboxylic acid groups (broad SMARTS) is 1. The van der Waals surface area contributed by atoms with Crippen molar-refractivity contribution in [2.75, 3.05) is 0 Å². The van der Waals surface area contributed by atoms with Gasteiger partial charge in [-0.2, -0.15) is 5.10 Å². The van der Waals surface area contributed by atoms with Gasteiger partial charge in [-0.3, -0.25) is 0 Å². The smallest absolute Gasteiger partial charge is 0.356 e. The lowest BCUT2D eigenvalue weighted by molar-refractivity contribution is 0.0690. The molecule has 1 aromatic carbocycles. The van der Waals surface area contributed by atoms with E-state index >= 15 is 0 Å². The second-order valence-electron chi connectivity index (χ2n) is 3.05. The van der Waals surface area contributed by atoms with Gasteiger partial charge in [0.25, 0.3) is 0 Å². The Labute approximate surface area is 105 Å². The van der Waals surface area contributed by atoms with Crippen molar-refractivity contribution in [2.24, 2.45) is 0 Å². The number of hydrogen-bond acceptors (Lipinski definition) is 2. The molecule has 2 aromatic rings. The quantitative estimate of drug-likeness (QED) is 0.927. The molecule has 82 valence electrons. The lowest BCUT2D eigenvalue weighted by Crippen LogP contribution is -2.00. The third kappa shape index (κ3) is 2.10. The third-order valence-electron chi connectivity index (χ3n) is 1.98. The molecule has 1 heterocycles. The van der Waals surface area contributed by atoms with E-state index < -0.39 is 5.97 Å². The van der Waals surface area contributed by atoms with Crippen LogP contribution in [0.1, 0.15) is 10.5 Å². The largest absolute Gasteiger partial charge is 0.476 e. The summed E-state index contributed by atoms with van der Waals surface area (Å²) in [7, 11) is 0. The van der Waals surface area contributed by atoms with Crippen molar-refractivity contribution in [1.29, 1.82) is 0 Å². The number of benzene rings is 1. The van der Waals surface area contributed by atoms with Crippen molar-refractivity contribution in [3.05, 3.63) is 45.7 Å². The highest BCUT2D eigenvalue weighted by Crippen LogP contribution is 2.24. The molecular weight excluding hydrogens is 295 g/mol. The molecule has 0 aliphatic rings. The van der Waals surface area contributed by atoms with Gasteiger partial charge >= 0.3 is 5.97 Å². The van der Waals surface area contributed by atoms with Gasteiger partial charge in [-0.25, -0.2) is 9.48 Å². The fraction of sp³-hybridized carbons (Fsp3) is 0. The number of rotatable bonds is 2. The average Bonchev–Trinajstić information content (AvgIpc) is 2.71. The molecule has 0 atom stereocenters. The first-order valence-electron chi connectivity index (χ1n) is 4.32. The maximum atomic E-state index is 10.7. The van der Waals surface area contributed by atoms with Crippen molar-refractivity contribution in [3.8, 4) is 5.69 Å². The van der Waals surface area contributed by atoms with E-state index in [0.29, 0.717) is 10.7 Å². The molecule has 2 rings (SSSR count). The molecule has 0 aliphatic carbocycles. The molecule has 1 aromatic heterocycles. The predicted octanol–water partition coefficient (Wildman–Crippen LogP) is 2.99. The zero-order chi connectivity index (χ0) is 11.7. The maximum Gasteiger partial charge on any atom is 0.356 e. The molecule has 0 fully saturated rings. The first-order valence-corrected chi connectivity index (χ1v) is 5.49. The number of aromatic nitrogens is 2. The van der Waals surface area contributed by atoms with Gasteiger partial charge < -0.3 is 5.11 Å². The van der Waals surface area contributed by atoms with Crippen molar-refractivity contribution in [3.63, 3.8) is 0 Å². The highest BCUT2D eigenvalue weighted by molar-refractivity contribution is 9.10. The van der Waals surface area contributed by atoms with E-state index in [0.717, 1.165) is 4.47 Å². The Balaban J connectivity index is 2.42. The number of hydrogen-bond donors (Lipinski definition) is 1. The summed E-state index contributed by atoms with van der Waals surface area (Å²) in [5.74, 6) is -1.05. The number of nitrogens with zero attached hydrogens (tertiary/aromatic N) is 2. The van der Waals surface area contributed by atoms with Crippen LogP contribution in [0.3, 0.4) is 0 Å². The van der Waals surface area contributed by atoms with Gasteiger partial charge in [-0.15, -0.1) is 0 Å². The van der Waals surface area contributed by atoms with Gasteiger partial charge in [0.1, 0.15) is 0 Å². The SMILES string of the molecule is O=C(O)c1ccn(-c2ccc(Br)c(Cl)c2)n1. The van der Waals surface area contributed by atoms with Crippen LogP contribution in [0.15, 0.2) is 34.9 Å². The van der Waals surface area contributed by atoms with Crippen molar-refractivity contribution >= 4 is 33.5 Å². The molecule has 6 heteroatoms. The molecule has 0 spiro atoms. The van der Waals surface area contributed by atoms with Crippen LogP contribution >= 0.6 is 27.5 Å². The highest BCUT2D eigenvalue weighted by Gasteiger charge is 2.08. The predicted molar refractivity (Wildman–Crippen MR) is 63.2 cm³/mol. The fourth-order valence-corrected chi connectivity index (χ4v) is 1.63. The van der Waals surface area contributed by atoms with E-state index in [-0.39, 0.29) is 5.69 Å². The van der Waals surface area contributed by atoms with Crippen molar-refractivity contribution in [1.82, 2.24) is 9.78 Å². The monoisotopic (exact) mass is 300 g/mol. The Morgan fingerprint density at radius 1 is 1.44 bits per heavy atom. The van der Waals surface area contributed by atoms with E-state index in [4.69, 9.17) is 16.7 Å². The van der Waals surface area contributed by atoms with Crippen LogP contribution in [0, 0.1) is 0 Å². The van der Waals surface area contributed by atoms with Crippen LogP contribution in [0.25, 0.3) is 5.69 Å². The minimum Gasteiger partial charge on any atom is -0.476 e. The summed E-state index contributed by atoms with van der Waals surface area (Å²) in [6.07, 6.45) is 1.57. The first kappa shape index (κ1) is 11.2. The molecule has 16 heavy (non-hydrogen) atoms. The number of carbonyl (C=O) groups is 1. The second-order valence-corrected chi connectivity index (χ2v) is 4.31. The summed E-state index contributed by atoms with van der Waals surface area (Å²) < 4.78 is 2.24. The van der Waals surface area contributed by atoms with Crippen LogP contribution in [0.4, 0.5) is 0 Å². The maximum absolute atomic E-state index is 10.7. The van der Waals surface area contributed by atoms with E-state index in [1.807, 2.05) is 0 Å². The Bertz CT molecular complexity index is 554. The van der Waals surface area contributed by atoms with Crippen LogP contribution in [-0.2, 0) is 0 Å². The number of carboxylic acids is 1. The van der Waals surface area contributed by atoms with Gasteiger partial charge in [0.05, 0.1) is 10.7 Å². The van der Waals surface area contributed by atoms with Crippen molar-refractivity contribution in [2.45, 2.75) is 0 Å². The summed E-state index contributed by atoms with van der Waals surface area (Å²) in [5, 5.41) is 13.2. The van der Waals surface area contributed by atoms with E-state index in [9.17, 15) is 4.79 Å². The van der Waals surface area contributed by atoms with E-state index in [2.05, 4.69) is 21.0 Å². The molecule has 0 unspecified atom stereocenters. The molecule has 0 saturated carbocycles. The molecular formula is C10H6BrClN2O2. The molecule has 0 bridgehead atoms. The Morgan fingerprint density at radius 2 is 2.19 bits per heavy atom. The normalized spacial score (nSPS) is 10.4. The van der Waals surface area contributed by atoms with Crippen LogP contribution in [0.2, 0.25) is 5.02 Å². The summed E-state index contributed by atoms with van der Waals surface area (Å²) in [6.45, 7) is 0. The van der Waals surface area contributed by atoms with Gasteiger partial charge in [-0.05, 0) is 40.2 Å². The topological polar surface area (TPSA) is 55.1 Å². The summed E-state index contributed by atoms with van der Waals surface area (Å²) in [4.78, 5) is 10.7. The van der Waals surface area contributed by atoms with Crippen LogP contribution in [-0.4, -0.2) is 20.9 Å². The minimum atomic E-state index is -1.05. The number of aromatic carboxylic acids is 1. The lowest BCUT2D eigenvalue weighted by atomic mass is 10.3. The van der Waals surface area contributed by atoms with Gasteiger partial charge in [0.2, 0.25) is 0 Å². The first-order chi connectivity index (χ1) is 7.58. The highest BCUT2D eigenvalue weighted by atomic mass is 79.9. The van der Waals surface area contributed by atoms with Crippen molar-refractivity contribution < 1.29 is 9.90 Å². The summed E-state index contributed by atoms with van der Waals surface area (Å²) in [5.41, 5.74) is 0.708. The van der Waals surface area contributed by atoms with Gasteiger partial charge in [0.15, 0.2) is 5.69 Å². The molecule has 0 saturated heterocycles. The average molecular weight is 302 g/mol. The summed E-state index contributed by atoms with van der Waals surface area (Å²) >= 11 is 9.20. The zero-order valence-corrected chi connectivity index (χ0v) is 10.2. The fourth-order valence-electron chi connectivity index (χ4n) is 1.21. The molecule has 4 nitrogen and oxygen atoms in total. The second kappa shape index (κ2) is 4.27. The number of halogens is 2. The van der Waals surface area contributed by atoms with E-state index in [1.54, 1.807) is 24.4 Å². The van der Waals surface area contributed by atoms with Crippen LogP contribution < -0.4 is 0 Å². The minimum absolute atomic E-state index is 0.000888. The Hall–Kier alpha value is -1.33.